The van der Waals surface area contributed by atoms with Crippen molar-refractivity contribution in [2.45, 2.75) is 13.3 Å². The Morgan fingerprint density at radius 1 is 1.33 bits per heavy atom. The van der Waals surface area contributed by atoms with E-state index in [1.54, 1.807) is 4.90 Å². The van der Waals surface area contributed by atoms with Crippen LogP contribution in [0.3, 0.4) is 0 Å². The summed E-state index contributed by atoms with van der Waals surface area (Å²) in [5.74, 6) is -0.0543. The molecule has 1 saturated heterocycles. The lowest BCUT2D eigenvalue weighted by molar-refractivity contribution is -0.130. The first-order chi connectivity index (χ1) is 8.70. The summed E-state index contributed by atoms with van der Waals surface area (Å²) in [7, 11) is 0. The molecule has 1 aliphatic heterocycles. The maximum atomic E-state index is 11.6. The number of nitrogens with zero attached hydrogens (tertiary/aromatic N) is 3. The molecule has 1 heterocycles. The van der Waals surface area contributed by atoms with Crippen molar-refractivity contribution in [3.8, 4) is 6.07 Å². The number of hydrogen-bond acceptors (Lipinski definition) is 3. The molecule has 0 atom stereocenters. The van der Waals surface area contributed by atoms with Crippen LogP contribution in [-0.2, 0) is 4.79 Å². The molecule has 4 heteroatoms. The Kier molecular flexibility index (Phi) is 3.83. The van der Waals surface area contributed by atoms with Crippen LogP contribution in [0.1, 0.15) is 12.0 Å². The zero-order chi connectivity index (χ0) is 13.0. The fourth-order valence-electron chi connectivity index (χ4n) is 2.22. The molecule has 2 rings (SSSR count). The summed E-state index contributed by atoms with van der Waals surface area (Å²) in [6.07, 6.45) is -0.00948. The first kappa shape index (κ1) is 12.4. The Bertz CT molecular complexity index is 470. The van der Waals surface area contributed by atoms with Gasteiger partial charge >= 0.3 is 0 Å². The number of benzene rings is 1. The van der Waals surface area contributed by atoms with Gasteiger partial charge in [-0.05, 0) is 24.6 Å². The van der Waals surface area contributed by atoms with E-state index < -0.39 is 0 Å². The van der Waals surface area contributed by atoms with E-state index in [1.807, 2.05) is 6.07 Å². The summed E-state index contributed by atoms with van der Waals surface area (Å²) < 4.78 is 0. The van der Waals surface area contributed by atoms with Crippen molar-refractivity contribution in [2.24, 2.45) is 0 Å². The highest BCUT2D eigenvalue weighted by atomic mass is 16.2. The van der Waals surface area contributed by atoms with E-state index in [1.165, 1.54) is 11.3 Å². The second-order valence-electron chi connectivity index (χ2n) is 4.54. The van der Waals surface area contributed by atoms with Gasteiger partial charge in [0, 0.05) is 31.9 Å². The molecular formula is C14H17N3O. The smallest absolute Gasteiger partial charge is 0.236 e. The lowest BCUT2D eigenvalue weighted by atomic mass is 10.2. The standard InChI is InChI=1S/C14H17N3O/c1-12-3-2-4-13(11-12)16-7-9-17(10-8-16)14(18)5-6-15/h2-4,11H,5,7-10H2,1H3. The molecule has 1 aliphatic rings. The minimum absolute atomic E-state index is 0.00948. The number of carbonyl (C=O) groups excluding carboxylic acids is 1. The van der Waals surface area contributed by atoms with Crippen molar-refractivity contribution in [1.29, 1.82) is 5.26 Å². The predicted molar refractivity (Wildman–Crippen MR) is 70.2 cm³/mol. The molecule has 0 aliphatic carbocycles. The number of piperazine rings is 1. The Balaban J connectivity index is 1.95. The molecule has 0 N–H and O–H groups in total. The number of carbonyl (C=O) groups is 1. The van der Waals surface area contributed by atoms with Gasteiger partial charge in [-0.15, -0.1) is 0 Å². The van der Waals surface area contributed by atoms with Crippen molar-refractivity contribution < 1.29 is 4.79 Å². The molecule has 0 aromatic heterocycles. The Morgan fingerprint density at radius 2 is 2.06 bits per heavy atom. The van der Waals surface area contributed by atoms with Gasteiger partial charge in [-0.1, -0.05) is 12.1 Å². The summed E-state index contributed by atoms with van der Waals surface area (Å²) in [4.78, 5) is 15.6. The van der Waals surface area contributed by atoms with Crippen molar-refractivity contribution in [3.05, 3.63) is 29.8 Å². The molecule has 1 aromatic carbocycles. The van der Waals surface area contributed by atoms with E-state index in [0.29, 0.717) is 13.1 Å². The van der Waals surface area contributed by atoms with Gasteiger partial charge in [0.05, 0.1) is 6.07 Å². The van der Waals surface area contributed by atoms with Gasteiger partial charge in [0.1, 0.15) is 6.42 Å². The zero-order valence-corrected chi connectivity index (χ0v) is 10.6. The second-order valence-corrected chi connectivity index (χ2v) is 4.54. The van der Waals surface area contributed by atoms with Crippen molar-refractivity contribution in [2.75, 3.05) is 31.1 Å². The highest BCUT2D eigenvalue weighted by Gasteiger charge is 2.20. The SMILES string of the molecule is Cc1cccc(N2CCN(C(=O)CC#N)CC2)c1. The third-order valence-electron chi connectivity index (χ3n) is 3.23. The number of aryl methyl sites for hydroxylation is 1. The van der Waals surface area contributed by atoms with Gasteiger partial charge in [0.2, 0.25) is 5.91 Å². The van der Waals surface area contributed by atoms with Crippen LogP contribution in [-0.4, -0.2) is 37.0 Å². The van der Waals surface area contributed by atoms with Gasteiger partial charge < -0.3 is 9.80 Å². The van der Waals surface area contributed by atoms with Crippen LogP contribution < -0.4 is 4.90 Å². The number of amides is 1. The van der Waals surface area contributed by atoms with E-state index in [0.717, 1.165) is 13.1 Å². The quantitative estimate of drug-likeness (QED) is 0.792. The van der Waals surface area contributed by atoms with Gasteiger partial charge in [-0.25, -0.2) is 0 Å². The monoisotopic (exact) mass is 243 g/mol. The Labute approximate surface area is 107 Å². The molecular weight excluding hydrogens is 226 g/mol. The fourth-order valence-corrected chi connectivity index (χ4v) is 2.22. The van der Waals surface area contributed by atoms with Gasteiger partial charge in [-0.2, -0.15) is 5.26 Å². The van der Waals surface area contributed by atoms with Gasteiger partial charge in [0.15, 0.2) is 0 Å². The van der Waals surface area contributed by atoms with Crippen LogP contribution >= 0.6 is 0 Å². The van der Waals surface area contributed by atoms with Crippen LogP contribution in [0.2, 0.25) is 0 Å². The summed E-state index contributed by atoms with van der Waals surface area (Å²) >= 11 is 0. The molecule has 1 amide bonds. The lowest BCUT2D eigenvalue weighted by Crippen LogP contribution is -2.48. The summed E-state index contributed by atoms with van der Waals surface area (Å²) in [5.41, 5.74) is 2.46. The molecule has 0 saturated carbocycles. The molecule has 0 bridgehead atoms. The first-order valence-electron chi connectivity index (χ1n) is 6.17. The predicted octanol–water partition coefficient (Wildman–Crippen LogP) is 1.56. The highest BCUT2D eigenvalue weighted by Crippen LogP contribution is 2.17. The second kappa shape index (κ2) is 5.54. The normalized spacial score (nSPS) is 15.3. The summed E-state index contributed by atoms with van der Waals surface area (Å²) in [6, 6.07) is 10.3. The lowest BCUT2D eigenvalue weighted by Gasteiger charge is -2.36. The van der Waals surface area contributed by atoms with Gasteiger partial charge in [-0.3, -0.25) is 4.79 Å². The summed E-state index contributed by atoms with van der Waals surface area (Å²) in [5, 5.41) is 8.52. The zero-order valence-electron chi connectivity index (χ0n) is 10.6. The fraction of sp³-hybridized carbons (Fsp3) is 0.429. The van der Waals surface area contributed by atoms with E-state index in [2.05, 4.69) is 36.1 Å². The minimum atomic E-state index is -0.0543. The topological polar surface area (TPSA) is 47.3 Å². The van der Waals surface area contributed by atoms with Crippen LogP contribution in [0.25, 0.3) is 0 Å². The molecule has 0 radical (unpaired) electrons. The molecule has 4 nitrogen and oxygen atoms in total. The minimum Gasteiger partial charge on any atom is -0.368 e. The van der Waals surface area contributed by atoms with Crippen molar-refractivity contribution in [1.82, 2.24) is 4.90 Å². The van der Waals surface area contributed by atoms with Gasteiger partial charge in [0.25, 0.3) is 0 Å². The third-order valence-corrected chi connectivity index (χ3v) is 3.23. The molecule has 18 heavy (non-hydrogen) atoms. The number of hydrogen-bond donors (Lipinski definition) is 0. The average Bonchev–Trinajstić information content (AvgIpc) is 2.39. The van der Waals surface area contributed by atoms with Crippen LogP contribution in [0.5, 0.6) is 0 Å². The van der Waals surface area contributed by atoms with Crippen LogP contribution in [0, 0.1) is 18.3 Å². The maximum Gasteiger partial charge on any atom is 0.236 e. The largest absolute Gasteiger partial charge is 0.368 e. The average molecular weight is 243 g/mol. The summed E-state index contributed by atoms with van der Waals surface area (Å²) in [6.45, 7) is 5.15. The van der Waals surface area contributed by atoms with E-state index in [4.69, 9.17) is 5.26 Å². The van der Waals surface area contributed by atoms with Crippen LogP contribution in [0.15, 0.2) is 24.3 Å². The molecule has 1 aromatic rings. The van der Waals surface area contributed by atoms with Crippen molar-refractivity contribution >= 4 is 11.6 Å². The maximum absolute atomic E-state index is 11.6. The number of rotatable bonds is 2. The number of anilines is 1. The Morgan fingerprint density at radius 3 is 2.67 bits per heavy atom. The third kappa shape index (κ3) is 2.80. The van der Waals surface area contributed by atoms with Crippen LogP contribution in [0.4, 0.5) is 5.69 Å². The number of nitriles is 1. The van der Waals surface area contributed by atoms with E-state index in [9.17, 15) is 4.79 Å². The Hall–Kier alpha value is -2.02. The molecule has 0 spiro atoms. The highest BCUT2D eigenvalue weighted by molar-refractivity contribution is 5.78. The molecule has 1 fully saturated rings. The van der Waals surface area contributed by atoms with Crippen molar-refractivity contribution in [3.63, 3.8) is 0 Å². The van der Waals surface area contributed by atoms with E-state index in [-0.39, 0.29) is 12.3 Å². The molecule has 0 unspecified atom stereocenters. The molecule has 94 valence electrons. The van der Waals surface area contributed by atoms with E-state index >= 15 is 0 Å². The first-order valence-corrected chi connectivity index (χ1v) is 6.17.